The van der Waals surface area contributed by atoms with Gasteiger partial charge in [-0.2, -0.15) is 39.1 Å². The Morgan fingerprint density at radius 3 is 1.13 bits per heavy atom. The molecule has 0 amide bonds. The van der Waals surface area contributed by atoms with Gasteiger partial charge in [0.1, 0.15) is 25.3 Å². The van der Waals surface area contributed by atoms with Crippen LogP contribution in [-0.4, -0.2) is 67.4 Å². The summed E-state index contributed by atoms with van der Waals surface area (Å²) in [4.78, 5) is 54.9. The first-order chi connectivity index (χ1) is 33.3. The highest BCUT2D eigenvalue weighted by atomic mass is 16.2. The van der Waals surface area contributed by atoms with Crippen LogP contribution in [0.2, 0.25) is 0 Å². The van der Waals surface area contributed by atoms with E-state index in [-0.39, 0.29) is 22.8 Å². The van der Waals surface area contributed by atoms with Crippen molar-refractivity contribution in [3.8, 4) is 11.4 Å². The molecule has 18 heteroatoms. The van der Waals surface area contributed by atoms with Crippen molar-refractivity contribution in [1.29, 1.82) is 0 Å². The number of pyridine rings is 2. The second-order valence-corrected chi connectivity index (χ2v) is 12.7. The second kappa shape index (κ2) is 32.2. The summed E-state index contributed by atoms with van der Waals surface area (Å²) in [6, 6.07) is 26.8. The number of nitrogens with zero attached hydrogens (tertiary/aromatic N) is 14. The van der Waals surface area contributed by atoms with E-state index >= 15 is 0 Å². The molecule has 8 aromatic rings. The predicted molar refractivity (Wildman–Crippen MR) is 273 cm³/mol. The van der Waals surface area contributed by atoms with Crippen molar-refractivity contribution in [2.75, 3.05) is 0 Å². The highest BCUT2D eigenvalue weighted by Gasteiger charge is 2.06. The van der Waals surface area contributed by atoms with E-state index in [0.29, 0.717) is 18.8 Å². The number of aromatic nitrogens is 14. The summed E-state index contributed by atoms with van der Waals surface area (Å²) in [6.07, 6.45) is 26.2. The molecule has 6 aromatic heterocycles. The fraction of sp³-hybridized carbons (Fsp3) is 0.240. The Bertz CT molecular complexity index is 2730. The van der Waals surface area contributed by atoms with Gasteiger partial charge < -0.3 is 0 Å². The summed E-state index contributed by atoms with van der Waals surface area (Å²) in [5, 5.41) is 15.8. The first-order valence-corrected chi connectivity index (χ1v) is 22.3. The monoisotopic (exact) mass is 925 g/mol. The van der Waals surface area contributed by atoms with Gasteiger partial charge in [0.2, 0.25) is 0 Å². The van der Waals surface area contributed by atoms with Crippen molar-refractivity contribution >= 4 is 24.8 Å². The van der Waals surface area contributed by atoms with Crippen molar-refractivity contribution in [1.82, 2.24) is 67.4 Å². The summed E-state index contributed by atoms with van der Waals surface area (Å²) in [6.45, 7) is 20.5. The van der Waals surface area contributed by atoms with Crippen LogP contribution in [0.1, 0.15) is 80.4 Å². The van der Waals surface area contributed by atoms with Gasteiger partial charge in [-0.1, -0.05) is 127 Å². The SMILES string of the molecule is C/C=C\n1ncn(-c2cccnc2)c1=O.C/C=C\n1ncn(-c2ccncc2)c1=O.C/C=C\n1ncn(Cc2ccccc2)c1=O.C/C=C\n1ncn(Cc2ccccc2)c1=O.CC.CC.CC. The van der Waals surface area contributed by atoms with E-state index in [1.165, 1.54) is 40.5 Å². The highest BCUT2D eigenvalue weighted by Crippen LogP contribution is 2.03. The van der Waals surface area contributed by atoms with Gasteiger partial charge in [-0.25, -0.2) is 28.3 Å². The predicted octanol–water partition coefficient (Wildman–Crippen LogP) is 8.09. The third kappa shape index (κ3) is 17.1. The third-order valence-electron chi connectivity index (χ3n) is 8.32. The molecule has 0 aliphatic rings. The van der Waals surface area contributed by atoms with Crippen LogP contribution in [-0.2, 0) is 13.1 Å². The zero-order chi connectivity index (χ0) is 50.1. The zero-order valence-electron chi connectivity index (χ0n) is 40.6. The van der Waals surface area contributed by atoms with Gasteiger partial charge in [-0.15, -0.1) is 0 Å². The fourth-order valence-corrected chi connectivity index (χ4v) is 5.44. The summed E-state index contributed by atoms with van der Waals surface area (Å²) in [5.74, 6) is 0. The lowest BCUT2D eigenvalue weighted by atomic mass is 10.2. The van der Waals surface area contributed by atoms with Crippen molar-refractivity contribution in [3.63, 3.8) is 0 Å². The second-order valence-electron chi connectivity index (χ2n) is 12.7. The maximum absolute atomic E-state index is 11.8. The van der Waals surface area contributed by atoms with E-state index in [4.69, 9.17) is 0 Å². The van der Waals surface area contributed by atoms with Crippen LogP contribution in [0.5, 0.6) is 0 Å². The molecule has 0 radical (unpaired) electrons. The maximum atomic E-state index is 11.8. The Morgan fingerprint density at radius 1 is 0.397 bits per heavy atom. The minimum atomic E-state index is -0.207. The molecule has 68 heavy (non-hydrogen) atoms. The molecular formula is C50H64N14O4. The fourth-order valence-electron chi connectivity index (χ4n) is 5.44. The summed E-state index contributed by atoms with van der Waals surface area (Å²) >= 11 is 0. The van der Waals surface area contributed by atoms with Gasteiger partial charge in [-0.05, 0) is 63.1 Å². The van der Waals surface area contributed by atoms with Crippen LogP contribution in [0.25, 0.3) is 36.2 Å². The summed E-state index contributed by atoms with van der Waals surface area (Å²) < 4.78 is 11.2. The minimum absolute atomic E-state index is 0.123. The van der Waals surface area contributed by atoms with Gasteiger partial charge in [0.05, 0.1) is 30.7 Å². The molecule has 0 aliphatic carbocycles. The molecule has 0 atom stereocenters. The molecule has 0 saturated heterocycles. The van der Waals surface area contributed by atoms with Crippen molar-refractivity contribution in [2.24, 2.45) is 0 Å². The van der Waals surface area contributed by atoms with E-state index in [0.717, 1.165) is 16.8 Å². The Labute approximate surface area is 397 Å². The molecule has 0 N–H and O–H groups in total. The van der Waals surface area contributed by atoms with Crippen LogP contribution in [0.3, 0.4) is 0 Å². The molecule has 0 fully saturated rings. The molecule has 2 aromatic carbocycles. The first kappa shape index (κ1) is 55.6. The molecular weight excluding hydrogens is 861 g/mol. The van der Waals surface area contributed by atoms with Crippen LogP contribution < -0.4 is 22.8 Å². The number of allylic oxidation sites excluding steroid dienone is 4. The van der Waals surface area contributed by atoms with E-state index in [2.05, 4.69) is 30.4 Å². The normalized spacial score (nSPS) is 10.3. The molecule has 0 unspecified atom stereocenters. The summed E-state index contributed by atoms with van der Waals surface area (Å²) in [5.41, 5.74) is 2.99. The maximum Gasteiger partial charge on any atom is 0.354 e. The lowest BCUT2D eigenvalue weighted by Gasteiger charge is -1.99. The topological polar surface area (TPSA) is 185 Å². The van der Waals surface area contributed by atoms with Crippen LogP contribution in [0.15, 0.2) is 179 Å². The molecule has 0 saturated carbocycles. The highest BCUT2D eigenvalue weighted by molar-refractivity contribution is 5.30. The smallest absolute Gasteiger partial charge is 0.277 e. The lowest BCUT2D eigenvalue weighted by Crippen LogP contribution is -2.22. The van der Waals surface area contributed by atoms with Crippen molar-refractivity contribution in [3.05, 3.63) is 212 Å². The first-order valence-electron chi connectivity index (χ1n) is 22.3. The molecule has 0 aliphatic heterocycles. The van der Waals surface area contributed by atoms with Crippen molar-refractivity contribution < 1.29 is 0 Å². The molecule has 358 valence electrons. The Kier molecular flexibility index (Phi) is 26.3. The Hall–Kier alpha value is -8.54. The van der Waals surface area contributed by atoms with E-state index in [1.807, 2.05) is 130 Å². The number of hydrogen-bond donors (Lipinski definition) is 0. The minimum Gasteiger partial charge on any atom is -0.277 e. The number of benzene rings is 2. The van der Waals surface area contributed by atoms with Crippen LogP contribution in [0.4, 0.5) is 0 Å². The van der Waals surface area contributed by atoms with Gasteiger partial charge in [0.25, 0.3) is 0 Å². The average Bonchev–Trinajstić information content (AvgIpc) is 4.16. The van der Waals surface area contributed by atoms with E-state index < -0.39 is 0 Å². The zero-order valence-corrected chi connectivity index (χ0v) is 40.6. The van der Waals surface area contributed by atoms with Gasteiger partial charge in [-0.3, -0.25) is 19.1 Å². The van der Waals surface area contributed by atoms with Crippen LogP contribution >= 0.6 is 0 Å². The van der Waals surface area contributed by atoms with Gasteiger partial charge >= 0.3 is 22.8 Å². The number of hydrogen-bond acceptors (Lipinski definition) is 10. The third-order valence-corrected chi connectivity index (χ3v) is 8.32. The lowest BCUT2D eigenvalue weighted by molar-refractivity contribution is 0.748. The Morgan fingerprint density at radius 2 is 0.765 bits per heavy atom. The van der Waals surface area contributed by atoms with E-state index in [1.54, 1.807) is 120 Å². The molecule has 6 heterocycles. The van der Waals surface area contributed by atoms with Gasteiger partial charge in [0, 0.05) is 43.4 Å². The molecule has 0 spiro atoms. The quantitative estimate of drug-likeness (QED) is 0.130. The average molecular weight is 925 g/mol. The van der Waals surface area contributed by atoms with Crippen molar-refractivity contribution in [2.45, 2.75) is 82.3 Å². The van der Waals surface area contributed by atoms with Crippen LogP contribution in [0, 0.1) is 0 Å². The van der Waals surface area contributed by atoms with E-state index in [9.17, 15) is 19.2 Å². The van der Waals surface area contributed by atoms with Gasteiger partial charge in [0.15, 0.2) is 0 Å². The largest absolute Gasteiger partial charge is 0.354 e. The molecule has 8 rings (SSSR count). The Balaban J connectivity index is 0.000000300. The standard InChI is InChI=1S/2C12H13N3O.2C10H10N4O.3C2H6/c2*1-2-8-15-12(16)14(10-13-15)9-11-6-4-3-5-7-11;1-2-7-14-10(15)13(8-12-14)9-3-5-11-6-4-9;1-2-6-14-10(15)13(8-12-14)9-4-3-5-11-7-9;3*1-2/h2*2-8,10H,9H2,1H3;2*2-8H,1H3;3*1-2H3/b2*8-2-;7-2-;6-2-;;;. The molecule has 18 nitrogen and oxygen atoms in total. The molecule has 0 bridgehead atoms. The number of rotatable bonds is 10. The summed E-state index contributed by atoms with van der Waals surface area (Å²) in [7, 11) is 0.